The largest absolute Gasteiger partial charge is 0.325 e. The number of rotatable bonds is 4. The summed E-state index contributed by atoms with van der Waals surface area (Å²) in [5, 5.41) is 2.77. The minimum absolute atomic E-state index is 0.00665. The highest BCUT2D eigenvalue weighted by Crippen LogP contribution is 2.45. The predicted octanol–water partition coefficient (Wildman–Crippen LogP) is 2.43. The second-order valence-electron chi connectivity index (χ2n) is 8.13. The summed E-state index contributed by atoms with van der Waals surface area (Å²) in [5.74, 6) is -1.44. The van der Waals surface area contributed by atoms with E-state index in [1.807, 2.05) is 6.07 Å². The number of para-hydroxylation sites is 2. The molecule has 174 valence electrons. The molecule has 0 spiro atoms. The smallest absolute Gasteiger partial charge is 0.267 e. The molecule has 0 bridgehead atoms. The number of hydrogen-bond donors (Lipinski definition) is 1. The number of carbonyl (C=O) groups is 3. The number of carbonyl (C=O) groups excluding carboxylic acids is 3. The number of nitrogens with one attached hydrogen (secondary N) is 1. The molecule has 1 N–H and O–H groups in total. The summed E-state index contributed by atoms with van der Waals surface area (Å²) in [7, 11) is -3.22. The molecule has 34 heavy (non-hydrogen) atoms. The lowest BCUT2D eigenvalue weighted by Gasteiger charge is -2.21. The number of thiocarbonyl (C=S) groups is 1. The Bertz CT molecular complexity index is 1370. The Balaban J connectivity index is 1.46. The molecule has 8 nitrogen and oxygen atoms in total. The van der Waals surface area contributed by atoms with Crippen LogP contribution in [0.2, 0.25) is 0 Å². The van der Waals surface area contributed by atoms with Gasteiger partial charge in [0, 0.05) is 11.3 Å². The first-order chi connectivity index (χ1) is 16.2. The van der Waals surface area contributed by atoms with Crippen molar-refractivity contribution in [3.05, 3.63) is 65.1 Å². The van der Waals surface area contributed by atoms with E-state index < -0.39 is 27.7 Å². The molecule has 5 rings (SSSR count). The normalized spacial score (nSPS) is 23.5. The number of hydrogen-bond acceptors (Lipinski definition) is 7. The van der Waals surface area contributed by atoms with Crippen molar-refractivity contribution in [3.8, 4) is 0 Å². The lowest BCUT2D eigenvalue weighted by Crippen LogP contribution is -2.39. The van der Waals surface area contributed by atoms with Crippen LogP contribution in [0.1, 0.15) is 12.0 Å². The van der Waals surface area contributed by atoms with Gasteiger partial charge in [0.05, 0.1) is 33.7 Å². The van der Waals surface area contributed by atoms with Crippen molar-refractivity contribution in [1.29, 1.82) is 0 Å². The van der Waals surface area contributed by atoms with E-state index in [0.717, 1.165) is 11.8 Å². The van der Waals surface area contributed by atoms with E-state index in [-0.39, 0.29) is 38.8 Å². The van der Waals surface area contributed by atoms with Crippen LogP contribution in [0.3, 0.4) is 0 Å². The molecule has 0 aromatic heterocycles. The number of amides is 3. The van der Waals surface area contributed by atoms with Crippen LogP contribution in [0.15, 0.2) is 59.5 Å². The Morgan fingerprint density at radius 1 is 1.06 bits per heavy atom. The van der Waals surface area contributed by atoms with E-state index in [9.17, 15) is 22.8 Å². The summed E-state index contributed by atoms with van der Waals surface area (Å²) < 4.78 is 24.1. The quantitative estimate of drug-likeness (QED) is 0.495. The fourth-order valence-electron chi connectivity index (χ4n) is 4.35. The molecule has 1 atom stereocenters. The predicted molar refractivity (Wildman–Crippen MR) is 135 cm³/mol. The minimum atomic E-state index is -3.22. The average Bonchev–Trinajstić information content (AvgIpc) is 3.39. The SMILES string of the molecule is O=C(CN1C(=O)/C(=C2/SC(=S)N(C3CCS(=O)(=O)C3)C2=O)c2ccccc21)Nc1ccccc1. The van der Waals surface area contributed by atoms with Crippen LogP contribution in [0.4, 0.5) is 11.4 Å². The van der Waals surface area contributed by atoms with Crippen molar-refractivity contribution in [2.75, 3.05) is 28.3 Å². The van der Waals surface area contributed by atoms with Crippen molar-refractivity contribution < 1.29 is 22.8 Å². The van der Waals surface area contributed by atoms with E-state index >= 15 is 0 Å². The Kier molecular flexibility index (Phi) is 5.78. The third-order valence-electron chi connectivity index (χ3n) is 5.88. The van der Waals surface area contributed by atoms with Gasteiger partial charge in [-0.05, 0) is 24.6 Å². The molecule has 3 aliphatic heterocycles. The number of sulfone groups is 1. The third-order valence-corrected chi connectivity index (χ3v) is 9.03. The molecule has 0 saturated carbocycles. The first kappa shape index (κ1) is 22.8. The van der Waals surface area contributed by atoms with Gasteiger partial charge in [-0.15, -0.1) is 0 Å². The molecule has 0 aliphatic carbocycles. The Hall–Kier alpha value is -3.02. The first-order valence-corrected chi connectivity index (χ1v) is 13.6. The van der Waals surface area contributed by atoms with Gasteiger partial charge in [0.2, 0.25) is 5.91 Å². The highest BCUT2D eigenvalue weighted by Gasteiger charge is 2.46. The maximum absolute atomic E-state index is 13.5. The second kappa shape index (κ2) is 8.64. The van der Waals surface area contributed by atoms with Crippen molar-refractivity contribution in [2.45, 2.75) is 12.5 Å². The summed E-state index contributed by atoms with van der Waals surface area (Å²) in [6, 6.07) is 15.3. The lowest BCUT2D eigenvalue weighted by molar-refractivity contribution is -0.123. The van der Waals surface area contributed by atoms with Crippen LogP contribution in [-0.2, 0) is 24.2 Å². The van der Waals surface area contributed by atoms with Crippen molar-refractivity contribution in [1.82, 2.24) is 4.90 Å². The summed E-state index contributed by atoms with van der Waals surface area (Å²) in [5.41, 5.74) is 1.86. The summed E-state index contributed by atoms with van der Waals surface area (Å²) in [4.78, 5) is 42.3. The van der Waals surface area contributed by atoms with Crippen molar-refractivity contribution >= 4 is 72.8 Å². The van der Waals surface area contributed by atoms with Crippen LogP contribution < -0.4 is 10.2 Å². The van der Waals surface area contributed by atoms with E-state index in [4.69, 9.17) is 12.2 Å². The summed E-state index contributed by atoms with van der Waals surface area (Å²) in [6.07, 6.45) is 0.313. The van der Waals surface area contributed by atoms with Gasteiger partial charge in [0.25, 0.3) is 11.8 Å². The molecule has 2 aromatic carbocycles. The minimum Gasteiger partial charge on any atom is -0.325 e. The fraction of sp³-hybridized carbons (Fsp3) is 0.217. The maximum Gasteiger partial charge on any atom is 0.267 e. The van der Waals surface area contributed by atoms with Gasteiger partial charge in [-0.2, -0.15) is 0 Å². The molecular formula is C23H19N3O5S3. The number of benzene rings is 2. The molecule has 2 saturated heterocycles. The Morgan fingerprint density at radius 3 is 2.47 bits per heavy atom. The van der Waals surface area contributed by atoms with Crippen LogP contribution in [0, 0.1) is 0 Å². The van der Waals surface area contributed by atoms with Gasteiger partial charge >= 0.3 is 0 Å². The molecular weight excluding hydrogens is 494 g/mol. The van der Waals surface area contributed by atoms with Gasteiger partial charge in [-0.1, -0.05) is 60.4 Å². The molecule has 3 amide bonds. The van der Waals surface area contributed by atoms with E-state index in [1.54, 1.807) is 48.5 Å². The maximum atomic E-state index is 13.5. The topological polar surface area (TPSA) is 104 Å². The fourth-order valence-corrected chi connectivity index (χ4v) is 7.52. The molecule has 11 heteroatoms. The van der Waals surface area contributed by atoms with Crippen LogP contribution in [0.25, 0.3) is 5.57 Å². The molecule has 2 aromatic rings. The molecule has 3 aliphatic rings. The van der Waals surface area contributed by atoms with Gasteiger partial charge in [0.15, 0.2) is 9.84 Å². The summed E-state index contributed by atoms with van der Waals surface area (Å²) >= 11 is 6.40. The zero-order valence-corrected chi connectivity index (χ0v) is 20.2. The molecule has 0 radical (unpaired) electrons. The second-order valence-corrected chi connectivity index (χ2v) is 12.0. The van der Waals surface area contributed by atoms with Crippen molar-refractivity contribution in [2.24, 2.45) is 0 Å². The number of fused-ring (bicyclic) bond motifs is 1. The van der Waals surface area contributed by atoms with Gasteiger partial charge in [0.1, 0.15) is 10.9 Å². The van der Waals surface area contributed by atoms with E-state index in [2.05, 4.69) is 5.32 Å². The van der Waals surface area contributed by atoms with Crippen LogP contribution >= 0.6 is 24.0 Å². The highest BCUT2D eigenvalue weighted by atomic mass is 32.2. The number of anilines is 2. The number of thioether (sulfide) groups is 1. The van der Waals surface area contributed by atoms with E-state index in [0.29, 0.717) is 23.4 Å². The molecule has 2 fully saturated rings. The highest BCUT2D eigenvalue weighted by molar-refractivity contribution is 8.26. The zero-order chi connectivity index (χ0) is 24.0. The van der Waals surface area contributed by atoms with Crippen LogP contribution in [0.5, 0.6) is 0 Å². The Morgan fingerprint density at radius 2 is 1.76 bits per heavy atom. The third kappa shape index (κ3) is 4.04. The van der Waals surface area contributed by atoms with Gasteiger partial charge < -0.3 is 5.32 Å². The Labute approximate surface area is 205 Å². The van der Waals surface area contributed by atoms with Gasteiger partial charge in [-0.25, -0.2) is 8.42 Å². The molecule has 1 unspecified atom stereocenters. The first-order valence-electron chi connectivity index (χ1n) is 10.5. The monoisotopic (exact) mass is 513 g/mol. The van der Waals surface area contributed by atoms with Crippen molar-refractivity contribution in [3.63, 3.8) is 0 Å². The zero-order valence-electron chi connectivity index (χ0n) is 17.8. The number of nitrogens with zero attached hydrogens (tertiary/aromatic N) is 2. The molecule has 3 heterocycles. The van der Waals surface area contributed by atoms with E-state index in [1.165, 1.54) is 9.80 Å². The summed E-state index contributed by atoms with van der Waals surface area (Å²) in [6.45, 7) is -0.227. The van der Waals surface area contributed by atoms with Crippen LogP contribution in [-0.4, -0.2) is 59.5 Å². The standard InChI is InChI=1S/C23H19N3O5S3/c27-18(24-14-6-2-1-3-7-14)12-25-17-9-5-4-8-16(17)19(21(25)28)20-22(29)26(23(32)33-20)15-10-11-34(30,31)13-15/h1-9,15H,10-13H2,(H,24,27)/b20-19+. The lowest BCUT2D eigenvalue weighted by atomic mass is 10.1. The van der Waals surface area contributed by atoms with Gasteiger partial charge in [-0.3, -0.25) is 24.2 Å². The average molecular weight is 514 g/mol.